The fraction of sp³-hybridized carbons (Fsp3) is 1.00. The number of likely N-dealkylation sites (tertiary alicyclic amines) is 1. The van der Waals surface area contributed by atoms with Gasteiger partial charge in [-0.2, -0.15) is 0 Å². The summed E-state index contributed by atoms with van der Waals surface area (Å²) in [5.41, 5.74) is 3.39. The molecule has 0 spiro atoms. The maximum atomic E-state index is 6.00. The van der Waals surface area contributed by atoms with Crippen LogP contribution in [-0.2, 0) is 0 Å². The first-order chi connectivity index (χ1) is 10.1. The van der Waals surface area contributed by atoms with E-state index >= 15 is 0 Å². The van der Waals surface area contributed by atoms with Gasteiger partial charge in [-0.25, -0.2) is 0 Å². The van der Waals surface area contributed by atoms with E-state index in [4.69, 9.17) is 5.84 Å². The molecule has 2 saturated carbocycles. The molecule has 0 aromatic carbocycles. The molecule has 1 aliphatic heterocycles. The zero-order chi connectivity index (χ0) is 14.9. The first-order valence-corrected chi connectivity index (χ1v) is 9.32. The van der Waals surface area contributed by atoms with E-state index in [0.29, 0.717) is 6.04 Å². The lowest BCUT2D eigenvalue weighted by molar-refractivity contribution is 0.0679. The highest BCUT2D eigenvalue weighted by Gasteiger charge is 2.43. The largest absolute Gasteiger partial charge is 0.297 e. The zero-order valence-electron chi connectivity index (χ0n) is 14.1. The zero-order valence-corrected chi connectivity index (χ0v) is 14.1. The number of nitrogens with two attached hydrogens (primary N) is 1. The molecule has 3 nitrogen and oxygen atoms in total. The molecule has 3 aliphatic rings. The molecule has 2 aliphatic carbocycles. The smallest absolute Gasteiger partial charge is 0.0392 e. The Bertz CT molecular complexity index is 333. The van der Waals surface area contributed by atoms with Crippen molar-refractivity contribution >= 4 is 0 Å². The SMILES string of the molecule is CC(C)(C(CC1CC2CCC1C2)NN)N1CCCCCC1. The van der Waals surface area contributed by atoms with Crippen molar-refractivity contribution in [1.29, 1.82) is 0 Å². The van der Waals surface area contributed by atoms with Gasteiger partial charge in [0.1, 0.15) is 0 Å². The standard InChI is InChI=1S/C18H35N3/c1-18(2,21-9-5-3-4-6-10-21)17(20-19)13-16-12-14-7-8-15(16)11-14/h14-17,20H,3-13,19H2,1-2H3. The van der Waals surface area contributed by atoms with Crippen molar-refractivity contribution in [2.24, 2.45) is 23.6 Å². The van der Waals surface area contributed by atoms with Crippen molar-refractivity contribution < 1.29 is 0 Å². The van der Waals surface area contributed by atoms with E-state index in [9.17, 15) is 0 Å². The molecular formula is C18H35N3. The Morgan fingerprint density at radius 3 is 2.33 bits per heavy atom. The molecule has 4 atom stereocenters. The number of fused-ring (bicyclic) bond motifs is 2. The summed E-state index contributed by atoms with van der Waals surface area (Å²) in [4.78, 5) is 2.71. The van der Waals surface area contributed by atoms with Gasteiger partial charge in [0.25, 0.3) is 0 Å². The van der Waals surface area contributed by atoms with Crippen LogP contribution >= 0.6 is 0 Å². The van der Waals surface area contributed by atoms with Gasteiger partial charge in [-0.05, 0) is 83.2 Å². The van der Waals surface area contributed by atoms with Crippen molar-refractivity contribution in [3.63, 3.8) is 0 Å². The predicted octanol–water partition coefficient (Wildman–Crippen LogP) is 3.30. The first kappa shape index (κ1) is 15.8. The van der Waals surface area contributed by atoms with Crippen LogP contribution in [0.15, 0.2) is 0 Å². The lowest BCUT2D eigenvalue weighted by atomic mass is 9.79. The van der Waals surface area contributed by atoms with E-state index in [2.05, 4.69) is 24.2 Å². The molecule has 1 saturated heterocycles. The lowest BCUT2D eigenvalue weighted by Gasteiger charge is -2.45. The van der Waals surface area contributed by atoms with E-state index in [1.165, 1.54) is 70.9 Å². The van der Waals surface area contributed by atoms with E-state index in [-0.39, 0.29) is 5.54 Å². The van der Waals surface area contributed by atoms with Crippen LogP contribution in [0.5, 0.6) is 0 Å². The Kier molecular flexibility index (Phi) is 4.92. The maximum absolute atomic E-state index is 6.00. The van der Waals surface area contributed by atoms with Crippen molar-refractivity contribution in [3.05, 3.63) is 0 Å². The molecule has 0 radical (unpaired) electrons. The normalized spacial score (nSPS) is 35.9. The highest BCUT2D eigenvalue weighted by Crippen LogP contribution is 2.50. The number of hydrazine groups is 1. The van der Waals surface area contributed by atoms with Crippen LogP contribution in [0.25, 0.3) is 0 Å². The molecule has 3 N–H and O–H groups in total. The van der Waals surface area contributed by atoms with Gasteiger partial charge in [0.05, 0.1) is 0 Å². The molecule has 2 bridgehead atoms. The van der Waals surface area contributed by atoms with Crippen molar-refractivity contribution in [2.75, 3.05) is 13.1 Å². The summed E-state index contributed by atoms with van der Waals surface area (Å²) in [5.74, 6) is 8.98. The Hall–Kier alpha value is -0.120. The second kappa shape index (κ2) is 6.55. The van der Waals surface area contributed by atoms with Crippen molar-refractivity contribution in [1.82, 2.24) is 10.3 Å². The number of nitrogens with one attached hydrogen (secondary N) is 1. The summed E-state index contributed by atoms with van der Waals surface area (Å²) in [6.45, 7) is 7.33. The predicted molar refractivity (Wildman–Crippen MR) is 88.8 cm³/mol. The van der Waals surface area contributed by atoms with E-state index in [0.717, 1.165) is 17.8 Å². The second-order valence-electron chi connectivity index (χ2n) is 8.44. The Labute approximate surface area is 131 Å². The third-order valence-corrected chi connectivity index (χ3v) is 6.90. The molecule has 0 amide bonds. The summed E-state index contributed by atoms with van der Waals surface area (Å²) >= 11 is 0. The molecule has 1 heterocycles. The van der Waals surface area contributed by atoms with Gasteiger partial charge in [0.2, 0.25) is 0 Å². The molecule has 21 heavy (non-hydrogen) atoms. The Morgan fingerprint density at radius 2 is 1.81 bits per heavy atom. The molecule has 3 rings (SSSR count). The molecule has 122 valence electrons. The molecule has 0 aromatic rings. The molecular weight excluding hydrogens is 258 g/mol. The summed E-state index contributed by atoms with van der Waals surface area (Å²) in [6.07, 6.45) is 12.8. The number of rotatable bonds is 5. The topological polar surface area (TPSA) is 41.3 Å². The third kappa shape index (κ3) is 3.30. The highest BCUT2D eigenvalue weighted by atomic mass is 15.3. The Morgan fingerprint density at radius 1 is 1.10 bits per heavy atom. The van der Waals surface area contributed by atoms with Gasteiger partial charge in [-0.3, -0.25) is 16.2 Å². The van der Waals surface area contributed by atoms with E-state index in [1.54, 1.807) is 0 Å². The van der Waals surface area contributed by atoms with Crippen LogP contribution in [0.1, 0.15) is 71.6 Å². The minimum atomic E-state index is 0.181. The van der Waals surface area contributed by atoms with Crippen LogP contribution in [-0.4, -0.2) is 29.6 Å². The fourth-order valence-corrected chi connectivity index (χ4v) is 5.40. The molecule has 4 unspecified atom stereocenters. The van der Waals surface area contributed by atoms with Crippen LogP contribution < -0.4 is 11.3 Å². The van der Waals surface area contributed by atoms with Gasteiger partial charge >= 0.3 is 0 Å². The van der Waals surface area contributed by atoms with Gasteiger partial charge < -0.3 is 0 Å². The molecule has 0 aromatic heterocycles. The van der Waals surface area contributed by atoms with Crippen LogP contribution in [0.3, 0.4) is 0 Å². The van der Waals surface area contributed by atoms with Gasteiger partial charge in [-0.1, -0.05) is 19.3 Å². The average Bonchev–Trinajstić information content (AvgIpc) is 2.97. The summed E-state index contributed by atoms with van der Waals surface area (Å²) in [7, 11) is 0. The van der Waals surface area contributed by atoms with Gasteiger partial charge in [0, 0.05) is 11.6 Å². The summed E-state index contributed by atoms with van der Waals surface area (Å²) in [6, 6.07) is 0.431. The summed E-state index contributed by atoms with van der Waals surface area (Å²) in [5, 5.41) is 0. The monoisotopic (exact) mass is 293 g/mol. The van der Waals surface area contributed by atoms with E-state index < -0.39 is 0 Å². The Balaban J connectivity index is 1.63. The minimum Gasteiger partial charge on any atom is -0.297 e. The minimum absolute atomic E-state index is 0.181. The number of nitrogens with zero attached hydrogens (tertiary/aromatic N) is 1. The fourth-order valence-electron chi connectivity index (χ4n) is 5.40. The van der Waals surface area contributed by atoms with Gasteiger partial charge in [-0.15, -0.1) is 0 Å². The second-order valence-corrected chi connectivity index (χ2v) is 8.44. The first-order valence-electron chi connectivity index (χ1n) is 9.32. The van der Waals surface area contributed by atoms with Crippen molar-refractivity contribution in [3.8, 4) is 0 Å². The number of hydrogen-bond acceptors (Lipinski definition) is 3. The molecule has 3 heteroatoms. The van der Waals surface area contributed by atoms with Crippen LogP contribution in [0.2, 0.25) is 0 Å². The van der Waals surface area contributed by atoms with Crippen LogP contribution in [0.4, 0.5) is 0 Å². The maximum Gasteiger partial charge on any atom is 0.0392 e. The van der Waals surface area contributed by atoms with Crippen LogP contribution in [0, 0.1) is 17.8 Å². The lowest BCUT2D eigenvalue weighted by Crippen LogP contribution is -2.60. The quantitative estimate of drug-likeness (QED) is 0.603. The summed E-state index contributed by atoms with van der Waals surface area (Å²) < 4.78 is 0. The van der Waals surface area contributed by atoms with E-state index in [1.807, 2.05) is 0 Å². The molecule has 3 fully saturated rings. The average molecular weight is 293 g/mol. The highest BCUT2D eigenvalue weighted by molar-refractivity contribution is 4.98. The van der Waals surface area contributed by atoms with Gasteiger partial charge in [0.15, 0.2) is 0 Å². The number of hydrogen-bond donors (Lipinski definition) is 2. The third-order valence-electron chi connectivity index (χ3n) is 6.90. The van der Waals surface area contributed by atoms with Crippen molar-refractivity contribution in [2.45, 2.75) is 83.2 Å².